The van der Waals surface area contributed by atoms with Gasteiger partial charge in [-0.25, -0.2) is 24.5 Å². The summed E-state index contributed by atoms with van der Waals surface area (Å²) in [5, 5.41) is 2.77. The molecule has 1 aliphatic rings. The number of nitrogens with one attached hydrogen (secondary N) is 1. The number of pyridine rings is 1. The maximum Gasteiger partial charge on any atom is 0.461 e. The zero-order chi connectivity index (χ0) is 44.2. The molecule has 11 nitrogen and oxygen atoms in total. The van der Waals surface area contributed by atoms with E-state index >= 15 is 0 Å². The first-order valence-corrected chi connectivity index (χ1v) is 22.0. The molecule has 61 heavy (non-hydrogen) atoms. The summed E-state index contributed by atoms with van der Waals surface area (Å²) < 4.78 is 70.4. The van der Waals surface area contributed by atoms with Crippen LogP contribution in [0.15, 0.2) is 61.1 Å². The maximum atomic E-state index is 14.4. The van der Waals surface area contributed by atoms with Crippen LogP contribution in [-0.4, -0.2) is 63.7 Å². The van der Waals surface area contributed by atoms with Crippen LogP contribution < -0.4 is 15.0 Å². The van der Waals surface area contributed by atoms with Gasteiger partial charge in [-0.15, -0.1) is 0 Å². The summed E-state index contributed by atoms with van der Waals surface area (Å²) in [5.41, 5.74) is 0.913. The number of esters is 2. The van der Waals surface area contributed by atoms with Crippen LogP contribution in [-0.2, 0) is 19.1 Å². The number of hydrogen-bond donors (Lipinski definition) is 1. The van der Waals surface area contributed by atoms with E-state index in [2.05, 4.69) is 38.9 Å². The van der Waals surface area contributed by atoms with Crippen molar-refractivity contribution in [3.8, 4) is 17.0 Å². The molecule has 15 heteroatoms. The van der Waals surface area contributed by atoms with Crippen LogP contribution >= 0.6 is 0 Å². The summed E-state index contributed by atoms with van der Waals surface area (Å²) in [7, 11) is 0. The fourth-order valence-corrected chi connectivity index (χ4v) is 7.37. The molecule has 3 heterocycles. The van der Waals surface area contributed by atoms with Crippen molar-refractivity contribution in [3.63, 3.8) is 0 Å². The molecule has 1 saturated heterocycles. The molecular weight excluding hydrogens is 795 g/mol. The molecule has 1 aromatic carbocycles. The number of carbonyl (C=O) groups is 3. The Bertz CT molecular complexity index is 1790. The van der Waals surface area contributed by atoms with E-state index in [1.807, 2.05) is 13.8 Å². The van der Waals surface area contributed by atoms with Gasteiger partial charge in [0.15, 0.2) is 0 Å². The number of unbranched alkanes of at least 4 members (excludes halogenated alkanes) is 11. The van der Waals surface area contributed by atoms with Crippen molar-refractivity contribution in [2.24, 2.45) is 11.8 Å². The quantitative estimate of drug-likeness (QED) is 0.0430. The van der Waals surface area contributed by atoms with Crippen molar-refractivity contribution in [2.75, 3.05) is 4.90 Å². The lowest BCUT2D eigenvalue weighted by atomic mass is 9.86. The lowest BCUT2D eigenvalue weighted by molar-refractivity contribution is -0.253. The highest BCUT2D eigenvalue weighted by Crippen LogP contribution is 2.34. The second-order valence-electron chi connectivity index (χ2n) is 16.2. The summed E-state index contributed by atoms with van der Waals surface area (Å²) in [6.45, 7) is 8.09. The molecule has 2 amide bonds. The van der Waals surface area contributed by atoms with E-state index in [9.17, 15) is 31.9 Å². The monoisotopic (exact) mass is 857 g/mol. The fourth-order valence-electron chi connectivity index (χ4n) is 7.37. The second-order valence-corrected chi connectivity index (χ2v) is 16.2. The van der Waals surface area contributed by atoms with Gasteiger partial charge in [0, 0.05) is 36.6 Å². The third-order valence-corrected chi connectivity index (χ3v) is 10.7. The van der Waals surface area contributed by atoms with E-state index in [1.54, 1.807) is 30.6 Å². The number of anilines is 2. The summed E-state index contributed by atoms with van der Waals surface area (Å²) in [6, 6.07) is 7.53. The number of urea groups is 1. The van der Waals surface area contributed by atoms with E-state index in [-0.39, 0.29) is 42.0 Å². The van der Waals surface area contributed by atoms with Crippen LogP contribution in [0.5, 0.6) is 5.75 Å². The number of amides is 2. The standard InChI is InChI=1S/C46H63F4N5O6/c1-5-7-9-11-12-13-14-15-16-20-35(31-40-37(41(56)60-40)22-17-10-8-6-2)59-42(57)39(29-32(3)4)54-45(58)55(34-19-18-21-36(30-34)61-46(49,50)43(47)48)44-52-28-25-38(53-44)33-23-26-51-27-24-33/h18-19,21,23-28,30,32,35,37,39-40,43H,5-17,20,22,29,31H2,1-4H3,(H,54,58)/t35?,37-,39?,40-/m0/s1. The zero-order valence-corrected chi connectivity index (χ0v) is 36.0. The van der Waals surface area contributed by atoms with Crippen LogP contribution in [0, 0.1) is 11.8 Å². The van der Waals surface area contributed by atoms with Gasteiger partial charge in [-0.05, 0) is 61.9 Å². The van der Waals surface area contributed by atoms with Crippen LogP contribution in [0.25, 0.3) is 11.3 Å². The Morgan fingerprint density at radius 1 is 0.885 bits per heavy atom. The molecule has 0 saturated carbocycles. The average Bonchev–Trinajstić information content (AvgIpc) is 3.22. The Labute approximate surface area is 357 Å². The number of cyclic esters (lactones) is 1. The van der Waals surface area contributed by atoms with E-state index in [1.165, 1.54) is 50.4 Å². The minimum atomic E-state index is -4.81. The summed E-state index contributed by atoms with van der Waals surface area (Å²) in [5.74, 6) is -2.13. The summed E-state index contributed by atoms with van der Waals surface area (Å²) >= 11 is 0. The molecule has 4 rings (SSSR count). The van der Waals surface area contributed by atoms with Crippen molar-refractivity contribution in [2.45, 2.75) is 168 Å². The van der Waals surface area contributed by atoms with Crippen molar-refractivity contribution in [1.29, 1.82) is 0 Å². The van der Waals surface area contributed by atoms with Gasteiger partial charge >= 0.3 is 30.5 Å². The van der Waals surface area contributed by atoms with Crippen LogP contribution in [0.1, 0.15) is 137 Å². The van der Waals surface area contributed by atoms with Gasteiger partial charge < -0.3 is 19.5 Å². The van der Waals surface area contributed by atoms with Crippen molar-refractivity contribution < 1.29 is 46.2 Å². The number of hydrogen-bond acceptors (Lipinski definition) is 9. The molecule has 0 aliphatic carbocycles. The highest BCUT2D eigenvalue weighted by Gasteiger charge is 2.45. The second kappa shape index (κ2) is 25.2. The highest BCUT2D eigenvalue weighted by atomic mass is 19.3. The van der Waals surface area contributed by atoms with Gasteiger partial charge in [0.25, 0.3) is 0 Å². The Hall–Kier alpha value is -4.82. The Balaban J connectivity index is 1.58. The first-order chi connectivity index (χ1) is 29.3. The molecule has 1 N–H and O–H groups in total. The van der Waals surface area contributed by atoms with Gasteiger partial charge in [-0.3, -0.25) is 9.78 Å². The molecule has 0 spiro atoms. The van der Waals surface area contributed by atoms with Gasteiger partial charge in [-0.2, -0.15) is 17.6 Å². The van der Waals surface area contributed by atoms with Crippen LogP contribution in [0.2, 0.25) is 0 Å². The Kier molecular flexibility index (Phi) is 20.2. The number of halogens is 4. The van der Waals surface area contributed by atoms with Crippen LogP contribution in [0.3, 0.4) is 0 Å². The number of ether oxygens (including phenoxy) is 3. The smallest absolute Gasteiger partial charge is 0.461 e. The predicted octanol–water partition coefficient (Wildman–Crippen LogP) is 11.8. The molecule has 0 radical (unpaired) electrons. The number of alkyl halides is 4. The first kappa shape index (κ1) is 48.8. The van der Waals surface area contributed by atoms with Crippen molar-refractivity contribution in [1.82, 2.24) is 20.3 Å². The molecular formula is C46H63F4N5O6. The number of aromatic nitrogens is 3. The Morgan fingerprint density at radius 3 is 2.18 bits per heavy atom. The molecule has 1 aliphatic heterocycles. The van der Waals surface area contributed by atoms with E-state index < -0.39 is 42.4 Å². The van der Waals surface area contributed by atoms with Crippen LogP contribution in [0.4, 0.5) is 34.0 Å². The average molecular weight is 858 g/mol. The van der Waals surface area contributed by atoms with Gasteiger partial charge in [0.2, 0.25) is 5.95 Å². The first-order valence-electron chi connectivity index (χ1n) is 22.0. The predicted molar refractivity (Wildman–Crippen MR) is 226 cm³/mol. The lowest BCUT2D eigenvalue weighted by Gasteiger charge is -2.37. The highest BCUT2D eigenvalue weighted by molar-refractivity contribution is 6.00. The van der Waals surface area contributed by atoms with Gasteiger partial charge in [-0.1, -0.05) is 111 Å². The van der Waals surface area contributed by atoms with E-state index in [0.717, 1.165) is 68.4 Å². The molecule has 1 fully saturated rings. The normalized spacial score (nSPS) is 16.1. The van der Waals surface area contributed by atoms with Crippen molar-refractivity contribution in [3.05, 3.63) is 61.1 Å². The third-order valence-electron chi connectivity index (χ3n) is 10.7. The molecule has 4 atom stereocenters. The SMILES string of the molecule is CCCCCCCCCCCC(C[C@@H]1OC(=O)[C@H]1CCCCCC)OC(=O)C(CC(C)C)NC(=O)N(c1cccc(OC(F)(F)C(F)F)c1)c1nccc(-c2ccncc2)n1. The maximum absolute atomic E-state index is 14.4. The summed E-state index contributed by atoms with van der Waals surface area (Å²) in [4.78, 5) is 55.0. The number of rotatable bonds is 28. The van der Waals surface area contributed by atoms with Gasteiger partial charge in [0.05, 0.1) is 17.3 Å². The number of benzene rings is 1. The zero-order valence-electron chi connectivity index (χ0n) is 36.0. The minimum Gasteiger partial charge on any atom is -0.461 e. The molecule has 336 valence electrons. The molecule has 2 aromatic heterocycles. The molecule has 2 unspecified atom stereocenters. The summed E-state index contributed by atoms with van der Waals surface area (Å²) in [6.07, 6.45) is 10.5. The fraction of sp³-hybridized carbons (Fsp3) is 0.609. The number of nitrogens with zero attached hydrogens (tertiary/aromatic N) is 4. The van der Waals surface area contributed by atoms with Gasteiger partial charge in [0.1, 0.15) is 24.0 Å². The van der Waals surface area contributed by atoms with E-state index in [0.29, 0.717) is 30.5 Å². The van der Waals surface area contributed by atoms with E-state index in [4.69, 9.17) is 9.47 Å². The largest absolute Gasteiger partial charge is 0.461 e. The minimum absolute atomic E-state index is 0.0956. The van der Waals surface area contributed by atoms with Crippen molar-refractivity contribution >= 4 is 29.6 Å². The molecule has 0 bridgehead atoms. The Morgan fingerprint density at radius 2 is 1.54 bits per heavy atom. The molecule has 3 aromatic rings. The lowest BCUT2D eigenvalue weighted by Crippen LogP contribution is -2.50. The number of carbonyl (C=O) groups excluding carboxylic acids is 3. The topological polar surface area (TPSA) is 133 Å². The third kappa shape index (κ3) is 15.9.